The Morgan fingerprint density at radius 3 is 2.21 bits per heavy atom. The van der Waals surface area contributed by atoms with Crippen LogP contribution in [-0.4, -0.2) is 141 Å². The van der Waals surface area contributed by atoms with Crippen LogP contribution in [0.3, 0.4) is 0 Å². The van der Waals surface area contributed by atoms with E-state index in [0.717, 1.165) is 37.0 Å². The third-order valence-electron chi connectivity index (χ3n) is 15.8. The number of amides is 1. The number of hydrogen-bond donors (Lipinski definition) is 3. The summed E-state index contributed by atoms with van der Waals surface area (Å²) in [6.07, 6.45) is 17.6. The fraction of sp³-hybridized carbons (Fsp3) is 0.764. The number of ether oxygens (including phenoxy) is 5. The first-order chi connectivity index (χ1) is 33.9. The molecule has 72 heavy (non-hydrogen) atoms. The molecule has 14 atom stereocenters. The number of Topliss-reactive ketones (excluding diaryl/α,β-unsaturated/α-hetero) is 3. The molecule has 16 nitrogen and oxygen atoms in total. The number of ketones is 3. The normalized spacial score (nSPS) is 37.5. The molecule has 0 aromatic rings. The van der Waals surface area contributed by atoms with E-state index in [-0.39, 0.29) is 54.9 Å². The number of aliphatic hydroxyl groups is 2. The molecule has 17 heteroatoms. The lowest BCUT2D eigenvalue weighted by Crippen LogP contribution is -2.59. The van der Waals surface area contributed by atoms with Crippen LogP contribution in [0, 0.1) is 35.5 Å². The van der Waals surface area contributed by atoms with Crippen molar-refractivity contribution in [2.45, 2.75) is 199 Å². The number of hydrogen-bond acceptors (Lipinski definition) is 14. The molecule has 2 aliphatic carbocycles. The first kappa shape index (κ1) is 61.1. The van der Waals surface area contributed by atoms with E-state index in [4.69, 9.17) is 23.7 Å². The molecule has 6 unspecified atom stereocenters. The number of allylic oxidation sites excluding steroid dienone is 6. The van der Waals surface area contributed by atoms with Gasteiger partial charge in [-0.25, -0.2) is 17.9 Å². The molecule has 4 rings (SSSR count). The van der Waals surface area contributed by atoms with E-state index in [0.29, 0.717) is 42.7 Å². The number of esters is 1. The van der Waals surface area contributed by atoms with E-state index in [1.165, 1.54) is 53.2 Å². The highest BCUT2D eigenvalue weighted by molar-refractivity contribution is 7.88. The molecular weight excluding hydrogens is 945 g/mol. The third kappa shape index (κ3) is 17.6. The number of likely N-dealkylation sites (N-methyl/N-ethyl adjacent to an activating group) is 1. The van der Waals surface area contributed by atoms with Crippen LogP contribution in [0.25, 0.3) is 0 Å². The molecule has 1 saturated heterocycles. The lowest BCUT2D eigenvalue weighted by Gasteiger charge is -2.42. The van der Waals surface area contributed by atoms with Gasteiger partial charge in [-0.2, -0.15) is 0 Å². The third-order valence-corrected chi connectivity index (χ3v) is 16.5. The van der Waals surface area contributed by atoms with Gasteiger partial charge in [0.05, 0.1) is 24.6 Å². The van der Waals surface area contributed by atoms with Gasteiger partial charge in [-0.15, -0.1) is 0 Å². The van der Waals surface area contributed by atoms with Crippen molar-refractivity contribution in [3.05, 3.63) is 47.6 Å². The van der Waals surface area contributed by atoms with Gasteiger partial charge < -0.3 is 38.8 Å². The lowest BCUT2D eigenvalue weighted by molar-refractivity contribution is -0.263. The number of carbonyl (C=O) groups excluding carboxylic acids is 5. The molecule has 2 aliphatic heterocycles. The topological polar surface area (TPSA) is 221 Å². The average molecular weight is 1030 g/mol. The number of nitrogens with one attached hydrogen (secondary N) is 1. The van der Waals surface area contributed by atoms with Crippen LogP contribution in [0.4, 0.5) is 0 Å². The van der Waals surface area contributed by atoms with Crippen molar-refractivity contribution in [3.8, 4) is 0 Å². The number of sulfonamides is 1. The van der Waals surface area contributed by atoms with Crippen molar-refractivity contribution in [2.75, 3.05) is 34.1 Å². The second-order valence-electron chi connectivity index (χ2n) is 21.6. The number of carbonyl (C=O) groups is 5. The molecule has 0 aromatic carbocycles. The molecule has 1 amide bonds. The summed E-state index contributed by atoms with van der Waals surface area (Å²) in [4.78, 5) is 71.0. The van der Waals surface area contributed by atoms with Crippen LogP contribution in [-0.2, 0) is 57.7 Å². The summed E-state index contributed by atoms with van der Waals surface area (Å²) in [6, 6.07) is -2.13. The largest absolute Gasteiger partial charge is 0.460 e. The average Bonchev–Trinajstić information content (AvgIpc) is 3.34. The Morgan fingerprint density at radius 2 is 1.56 bits per heavy atom. The standard InChI is InChI=1S/C55H88N2O14S/c1-34-20-16-13-12-14-17-21-35(2)49(59)51(68-10)50(60)38(5)28-36(3)45(58)32-47(37(4)29-42-25-27-46(48(30-42)67-9)69-33-41-22-18-15-19-23-41)70-54(63)40(7)57(8)53(62)52(61)55(64)39(6)24-26-43(71-55)31-44(34)56-72(11,65)66/h12-14,16,20,28,35-37,39-44,46-48,50-51,56,60,64H,15,17-19,21-27,29-33H2,1-11H3/b14-12+,16-13+,34-20+,38-28+/t35?,36?,37-,39+,40?,42+,43-,44-,46-,47?,48-,50?,51?,55+/m1/s1. The van der Waals surface area contributed by atoms with E-state index in [2.05, 4.69) is 4.72 Å². The molecule has 3 fully saturated rings. The summed E-state index contributed by atoms with van der Waals surface area (Å²) >= 11 is 0. The predicted molar refractivity (Wildman–Crippen MR) is 275 cm³/mol. The van der Waals surface area contributed by atoms with Crippen molar-refractivity contribution in [1.29, 1.82) is 0 Å². The van der Waals surface area contributed by atoms with Gasteiger partial charge in [0.25, 0.3) is 11.7 Å². The first-order valence-electron chi connectivity index (χ1n) is 26.4. The molecule has 0 radical (unpaired) electrons. The molecule has 2 saturated carbocycles. The maximum atomic E-state index is 14.2. The van der Waals surface area contributed by atoms with Gasteiger partial charge in [0, 0.05) is 58.1 Å². The van der Waals surface area contributed by atoms with Gasteiger partial charge >= 0.3 is 5.97 Å². The smallest absolute Gasteiger partial charge is 0.328 e. The minimum absolute atomic E-state index is 0.0295. The highest BCUT2D eigenvalue weighted by Gasteiger charge is 2.52. The van der Waals surface area contributed by atoms with E-state index in [9.17, 15) is 42.6 Å². The summed E-state index contributed by atoms with van der Waals surface area (Å²) in [7, 11) is 0.579. The zero-order valence-corrected chi connectivity index (χ0v) is 45.8. The van der Waals surface area contributed by atoms with Crippen LogP contribution in [0.2, 0.25) is 0 Å². The number of nitrogens with zero attached hydrogens (tertiary/aromatic N) is 1. The van der Waals surface area contributed by atoms with Crippen LogP contribution in [0.15, 0.2) is 47.6 Å². The Kier molecular flexibility index (Phi) is 24.2. The monoisotopic (exact) mass is 1030 g/mol. The minimum atomic E-state index is -3.73. The Balaban J connectivity index is 1.64. The van der Waals surface area contributed by atoms with Gasteiger partial charge in [0.2, 0.25) is 15.8 Å². The van der Waals surface area contributed by atoms with Gasteiger partial charge in [0.15, 0.2) is 5.78 Å². The second-order valence-corrected chi connectivity index (χ2v) is 23.4. The zero-order chi connectivity index (χ0) is 53.5. The Bertz CT molecular complexity index is 2060. The number of rotatable bonds is 10. The van der Waals surface area contributed by atoms with E-state index in [1.807, 2.05) is 13.0 Å². The van der Waals surface area contributed by atoms with Gasteiger partial charge in [-0.05, 0) is 115 Å². The maximum absolute atomic E-state index is 14.2. The highest BCUT2D eigenvalue weighted by Crippen LogP contribution is 2.38. The second kappa shape index (κ2) is 28.5. The van der Waals surface area contributed by atoms with Crippen molar-refractivity contribution >= 4 is 39.2 Å². The molecule has 2 bridgehead atoms. The summed E-state index contributed by atoms with van der Waals surface area (Å²) in [5.41, 5.74) is 0.985. The summed E-state index contributed by atoms with van der Waals surface area (Å²) in [5, 5.41) is 23.3. The Morgan fingerprint density at radius 1 is 0.861 bits per heavy atom. The van der Waals surface area contributed by atoms with Gasteiger partial charge in [0.1, 0.15) is 30.1 Å². The number of aliphatic hydroxyl groups excluding tert-OH is 1. The van der Waals surface area contributed by atoms with Gasteiger partial charge in [-0.1, -0.05) is 89.0 Å². The zero-order valence-electron chi connectivity index (χ0n) is 45.0. The van der Waals surface area contributed by atoms with Crippen LogP contribution in [0.5, 0.6) is 0 Å². The SMILES string of the molecule is COC1C(=O)C(C)CC/C=C/C=C/C=C(\C)[C@H](NS(C)(=O)=O)C[C@H]2CC[C@H](C)[C@](O)(O2)C(=O)C(=O)N(C)C(C)C(=O)OC([C@H](C)C[C@@H]2CC[C@@H](OCC3CCCCC3)[C@H](OC)C2)CC(=O)C(C)/C=C(\C)C1O. The van der Waals surface area contributed by atoms with Crippen LogP contribution >= 0.6 is 0 Å². The predicted octanol–water partition coefficient (Wildman–Crippen LogP) is 6.91. The lowest BCUT2D eigenvalue weighted by atomic mass is 9.78. The number of cyclic esters (lactones) is 1. The maximum Gasteiger partial charge on any atom is 0.328 e. The molecule has 4 aliphatic rings. The fourth-order valence-electron chi connectivity index (χ4n) is 10.7. The summed E-state index contributed by atoms with van der Waals surface area (Å²) in [6.45, 7) is 12.5. The van der Waals surface area contributed by atoms with Crippen molar-refractivity contribution in [1.82, 2.24) is 9.62 Å². The molecular formula is C55H88N2O14S. The first-order valence-corrected chi connectivity index (χ1v) is 28.3. The molecule has 0 spiro atoms. The number of fused-ring (bicyclic) bond motifs is 2. The molecule has 3 N–H and O–H groups in total. The van der Waals surface area contributed by atoms with E-state index >= 15 is 0 Å². The van der Waals surface area contributed by atoms with Crippen LogP contribution in [0.1, 0.15) is 145 Å². The molecule has 408 valence electrons. The van der Waals surface area contributed by atoms with E-state index < -0.39 is 87.7 Å². The van der Waals surface area contributed by atoms with Crippen LogP contribution < -0.4 is 4.72 Å². The molecule has 0 aromatic heterocycles. The summed E-state index contributed by atoms with van der Waals surface area (Å²) < 4.78 is 57.9. The van der Waals surface area contributed by atoms with Crippen molar-refractivity contribution in [3.63, 3.8) is 0 Å². The van der Waals surface area contributed by atoms with E-state index in [1.54, 1.807) is 72.1 Å². The van der Waals surface area contributed by atoms with Gasteiger partial charge in [-0.3, -0.25) is 19.2 Å². The fourth-order valence-corrected chi connectivity index (χ4v) is 11.5. The number of methoxy groups -OCH3 is 2. The van der Waals surface area contributed by atoms with Crippen molar-refractivity contribution in [2.24, 2.45) is 35.5 Å². The summed E-state index contributed by atoms with van der Waals surface area (Å²) in [5.74, 6) is -8.18. The quantitative estimate of drug-likeness (QED) is 0.115. The molecule has 2 heterocycles. The van der Waals surface area contributed by atoms with Crippen molar-refractivity contribution < 1.29 is 66.3 Å². The highest BCUT2D eigenvalue weighted by atomic mass is 32.2. The Labute approximate surface area is 430 Å². The minimum Gasteiger partial charge on any atom is -0.460 e. The Hall–Kier alpha value is -3.42.